The van der Waals surface area contributed by atoms with Crippen LogP contribution in [0.5, 0.6) is 0 Å². The molecule has 0 aliphatic rings. The van der Waals surface area contributed by atoms with Crippen molar-refractivity contribution in [2.24, 2.45) is 11.1 Å². The molecule has 0 aliphatic carbocycles. The summed E-state index contributed by atoms with van der Waals surface area (Å²) in [6.45, 7) is 17.1. The second-order valence-electron chi connectivity index (χ2n) is 8.29. The van der Waals surface area contributed by atoms with Crippen LogP contribution in [0.3, 0.4) is 0 Å². The van der Waals surface area contributed by atoms with Gasteiger partial charge in [0.05, 0.1) is 12.2 Å². The Bertz CT molecular complexity index is 343. The van der Waals surface area contributed by atoms with E-state index in [9.17, 15) is 4.79 Å². The van der Waals surface area contributed by atoms with E-state index in [1.165, 1.54) is 0 Å². The van der Waals surface area contributed by atoms with Crippen molar-refractivity contribution in [3.63, 3.8) is 0 Å². The Morgan fingerprint density at radius 3 is 2.09 bits per heavy atom. The number of hydrogen-bond donors (Lipinski definition) is 1. The number of carbonyl (C=O) groups excluding carboxylic acids is 1. The Morgan fingerprint density at radius 2 is 1.64 bits per heavy atom. The molecule has 0 saturated carbocycles. The molecule has 0 aromatic rings. The molecule has 0 aliphatic heterocycles. The normalized spacial score (nSPS) is 14.8. The molecule has 1 atom stereocenters. The predicted molar refractivity (Wildman–Crippen MR) is 91.8 cm³/mol. The standard InChI is InChI=1S/C18H37NO3/c1-9-10-11-14(19)15(20)22-17(5,6)12-13-21-18(7,8)16(2,3)4/h14H,9-13,19H2,1-8H3. The maximum absolute atomic E-state index is 12.0. The number of carbonyl (C=O) groups is 1. The van der Waals surface area contributed by atoms with Gasteiger partial charge < -0.3 is 15.2 Å². The maximum Gasteiger partial charge on any atom is 0.323 e. The zero-order valence-corrected chi connectivity index (χ0v) is 15.9. The first-order valence-electron chi connectivity index (χ1n) is 8.45. The lowest BCUT2D eigenvalue weighted by Crippen LogP contribution is -2.42. The third-order valence-corrected chi connectivity index (χ3v) is 4.52. The summed E-state index contributed by atoms with van der Waals surface area (Å²) in [4.78, 5) is 12.0. The van der Waals surface area contributed by atoms with Crippen LogP contribution in [0, 0.1) is 5.41 Å². The molecule has 1 unspecified atom stereocenters. The first-order valence-corrected chi connectivity index (χ1v) is 8.45. The second-order valence-corrected chi connectivity index (χ2v) is 8.29. The lowest BCUT2D eigenvalue weighted by atomic mass is 9.79. The molecule has 0 bridgehead atoms. The molecule has 0 radical (unpaired) electrons. The molecule has 0 aromatic carbocycles. The molecular formula is C18H37NO3. The van der Waals surface area contributed by atoms with Gasteiger partial charge >= 0.3 is 5.97 Å². The molecule has 4 nitrogen and oxygen atoms in total. The van der Waals surface area contributed by atoms with Gasteiger partial charge in [-0.2, -0.15) is 0 Å². The second kappa shape index (κ2) is 8.30. The Morgan fingerprint density at radius 1 is 1.09 bits per heavy atom. The minimum atomic E-state index is -0.561. The van der Waals surface area contributed by atoms with E-state index in [-0.39, 0.29) is 17.0 Å². The first kappa shape index (κ1) is 21.4. The van der Waals surface area contributed by atoms with Crippen molar-refractivity contribution >= 4 is 5.97 Å². The molecule has 0 amide bonds. The molecule has 0 aromatic heterocycles. The van der Waals surface area contributed by atoms with Crippen LogP contribution in [-0.2, 0) is 14.3 Å². The summed E-state index contributed by atoms with van der Waals surface area (Å²) in [5.74, 6) is -0.312. The van der Waals surface area contributed by atoms with E-state index in [1.54, 1.807) is 0 Å². The fraction of sp³-hybridized carbons (Fsp3) is 0.944. The van der Waals surface area contributed by atoms with Gasteiger partial charge in [0.15, 0.2) is 0 Å². The fourth-order valence-corrected chi connectivity index (χ4v) is 1.71. The van der Waals surface area contributed by atoms with Gasteiger partial charge in [0, 0.05) is 6.42 Å². The summed E-state index contributed by atoms with van der Waals surface area (Å²) in [6.07, 6.45) is 3.30. The highest BCUT2D eigenvalue weighted by atomic mass is 16.6. The number of nitrogens with two attached hydrogens (primary N) is 1. The molecule has 4 heteroatoms. The minimum absolute atomic E-state index is 0.0519. The highest BCUT2D eigenvalue weighted by Gasteiger charge is 2.34. The zero-order chi connectivity index (χ0) is 17.6. The van der Waals surface area contributed by atoms with Crippen molar-refractivity contribution < 1.29 is 14.3 Å². The summed E-state index contributed by atoms with van der Waals surface area (Å²) in [6, 6.07) is -0.522. The molecule has 0 saturated heterocycles. The van der Waals surface area contributed by atoms with Gasteiger partial charge in [0.1, 0.15) is 11.6 Å². The average molecular weight is 315 g/mol. The van der Waals surface area contributed by atoms with Gasteiger partial charge in [-0.1, -0.05) is 40.5 Å². The van der Waals surface area contributed by atoms with E-state index >= 15 is 0 Å². The molecule has 2 N–H and O–H groups in total. The molecule has 132 valence electrons. The Kier molecular flexibility index (Phi) is 8.07. The lowest BCUT2D eigenvalue weighted by Gasteiger charge is -2.39. The van der Waals surface area contributed by atoms with Crippen molar-refractivity contribution in [3.05, 3.63) is 0 Å². The number of rotatable bonds is 9. The van der Waals surface area contributed by atoms with Crippen LogP contribution in [0.25, 0.3) is 0 Å². The van der Waals surface area contributed by atoms with Crippen molar-refractivity contribution in [1.29, 1.82) is 0 Å². The highest BCUT2D eigenvalue weighted by molar-refractivity contribution is 5.75. The smallest absolute Gasteiger partial charge is 0.323 e. The predicted octanol–water partition coefficient (Wildman–Crippen LogP) is 4.06. The van der Waals surface area contributed by atoms with Crippen molar-refractivity contribution in [1.82, 2.24) is 0 Å². The Hall–Kier alpha value is -0.610. The van der Waals surface area contributed by atoms with Crippen LogP contribution in [0.15, 0.2) is 0 Å². The van der Waals surface area contributed by atoms with Crippen molar-refractivity contribution in [3.8, 4) is 0 Å². The molecular weight excluding hydrogens is 278 g/mol. The van der Waals surface area contributed by atoms with Crippen LogP contribution in [-0.4, -0.2) is 29.8 Å². The Balaban J connectivity index is 4.33. The average Bonchev–Trinajstić information content (AvgIpc) is 2.33. The van der Waals surface area contributed by atoms with Crippen LogP contribution in [0.4, 0.5) is 0 Å². The van der Waals surface area contributed by atoms with Gasteiger partial charge in [-0.15, -0.1) is 0 Å². The van der Waals surface area contributed by atoms with Crippen molar-refractivity contribution in [2.75, 3.05) is 6.61 Å². The molecule has 0 fully saturated rings. The third kappa shape index (κ3) is 7.59. The van der Waals surface area contributed by atoms with E-state index < -0.39 is 11.6 Å². The van der Waals surface area contributed by atoms with Crippen LogP contribution in [0.1, 0.15) is 81.1 Å². The van der Waals surface area contributed by atoms with Gasteiger partial charge in [-0.3, -0.25) is 4.79 Å². The van der Waals surface area contributed by atoms with E-state index in [4.69, 9.17) is 15.2 Å². The minimum Gasteiger partial charge on any atom is -0.458 e. The largest absolute Gasteiger partial charge is 0.458 e. The van der Waals surface area contributed by atoms with Crippen LogP contribution < -0.4 is 5.73 Å². The fourth-order valence-electron chi connectivity index (χ4n) is 1.71. The van der Waals surface area contributed by atoms with E-state index in [1.807, 2.05) is 13.8 Å². The highest BCUT2D eigenvalue weighted by Crippen LogP contribution is 2.33. The van der Waals surface area contributed by atoms with Crippen LogP contribution in [0.2, 0.25) is 0 Å². The summed E-state index contributed by atoms with van der Waals surface area (Å²) in [7, 11) is 0. The molecule has 0 heterocycles. The topological polar surface area (TPSA) is 61.6 Å². The lowest BCUT2D eigenvalue weighted by molar-refractivity contribution is -0.162. The summed E-state index contributed by atoms with van der Waals surface area (Å²) < 4.78 is 11.6. The van der Waals surface area contributed by atoms with E-state index in [2.05, 4.69) is 41.5 Å². The van der Waals surface area contributed by atoms with E-state index in [0.29, 0.717) is 19.4 Å². The number of unbranched alkanes of at least 4 members (excludes halogenated alkanes) is 1. The quantitative estimate of drug-likeness (QED) is 0.652. The molecule has 0 rings (SSSR count). The number of ether oxygens (including phenoxy) is 2. The maximum atomic E-state index is 12.0. The molecule has 22 heavy (non-hydrogen) atoms. The SMILES string of the molecule is CCCCC(N)C(=O)OC(C)(C)CCOC(C)(C)C(C)(C)C. The summed E-state index contributed by atoms with van der Waals surface area (Å²) in [5.41, 5.74) is 5.12. The van der Waals surface area contributed by atoms with E-state index in [0.717, 1.165) is 12.8 Å². The van der Waals surface area contributed by atoms with Gasteiger partial charge in [-0.25, -0.2) is 0 Å². The summed E-state index contributed by atoms with van der Waals surface area (Å²) >= 11 is 0. The van der Waals surface area contributed by atoms with Crippen molar-refractivity contribution in [2.45, 2.75) is 98.3 Å². The zero-order valence-electron chi connectivity index (χ0n) is 15.9. The summed E-state index contributed by atoms with van der Waals surface area (Å²) in [5, 5.41) is 0. The monoisotopic (exact) mass is 315 g/mol. The number of hydrogen-bond acceptors (Lipinski definition) is 4. The van der Waals surface area contributed by atoms with Gasteiger partial charge in [-0.05, 0) is 39.5 Å². The van der Waals surface area contributed by atoms with Crippen LogP contribution >= 0.6 is 0 Å². The number of esters is 1. The Labute approximate surface area is 137 Å². The first-order chi connectivity index (χ1) is 9.82. The van der Waals surface area contributed by atoms with Gasteiger partial charge in [0.25, 0.3) is 0 Å². The third-order valence-electron chi connectivity index (χ3n) is 4.52. The molecule has 0 spiro atoms. The van der Waals surface area contributed by atoms with Gasteiger partial charge in [0.2, 0.25) is 0 Å².